The van der Waals surface area contributed by atoms with E-state index in [0.29, 0.717) is 6.04 Å². The number of para-hydroxylation sites is 1. The highest BCUT2D eigenvalue weighted by Crippen LogP contribution is 2.32. The lowest BCUT2D eigenvalue weighted by Crippen LogP contribution is -2.56. The summed E-state index contributed by atoms with van der Waals surface area (Å²) < 4.78 is 28.0. The molecule has 0 aromatic heterocycles. The van der Waals surface area contributed by atoms with Gasteiger partial charge in [0.15, 0.2) is 0 Å². The van der Waals surface area contributed by atoms with Crippen molar-refractivity contribution < 1.29 is 8.78 Å². The standard InChI is InChI=1S/C15H20F2N2/c1-2-11-9-18-8-4-5-12(18)10-19(11)15-13(16)6-3-7-14(15)17/h3,6-7,11-12H,2,4-5,8-10H2,1H3. The molecule has 2 saturated heterocycles. The van der Waals surface area contributed by atoms with Crippen LogP contribution in [0.25, 0.3) is 0 Å². The van der Waals surface area contributed by atoms with Gasteiger partial charge >= 0.3 is 0 Å². The van der Waals surface area contributed by atoms with Crippen LogP contribution in [0.15, 0.2) is 18.2 Å². The highest BCUT2D eigenvalue weighted by atomic mass is 19.1. The Balaban J connectivity index is 1.93. The zero-order valence-electron chi connectivity index (χ0n) is 11.3. The third-order valence-corrected chi connectivity index (χ3v) is 4.49. The van der Waals surface area contributed by atoms with E-state index >= 15 is 0 Å². The van der Waals surface area contributed by atoms with Crippen molar-refractivity contribution in [3.8, 4) is 0 Å². The molecule has 2 atom stereocenters. The first-order valence-corrected chi connectivity index (χ1v) is 7.15. The summed E-state index contributed by atoms with van der Waals surface area (Å²) in [5, 5.41) is 0. The number of rotatable bonds is 2. The molecule has 2 aliphatic rings. The fraction of sp³-hybridized carbons (Fsp3) is 0.600. The van der Waals surface area contributed by atoms with E-state index < -0.39 is 11.6 Å². The highest BCUT2D eigenvalue weighted by molar-refractivity contribution is 5.51. The van der Waals surface area contributed by atoms with Crippen molar-refractivity contribution >= 4 is 5.69 Å². The van der Waals surface area contributed by atoms with E-state index in [1.807, 2.05) is 4.90 Å². The molecular formula is C15H20F2N2. The van der Waals surface area contributed by atoms with Crippen molar-refractivity contribution in [2.24, 2.45) is 0 Å². The molecule has 2 unspecified atom stereocenters. The van der Waals surface area contributed by atoms with Crippen LogP contribution in [-0.4, -0.2) is 36.6 Å². The molecule has 1 aromatic rings. The van der Waals surface area contributed by atoms with Gasteiger partial charge in [-0.25, -0.2) is 8.78 Å². The maximum absolute atomic E-state index is 14.0. The second kappa shape index (κ2) is 5.08. The molecule has 0 radical (unpaired) electrons. The van der Waals surface area contributed by atoms with Gasteiger partial charge in [0.05, 0.1) is 0 Å². The summed E-state index contributed by atoms with van der Waals surface area (Å²) in [6, 6.07) is 4.81. The number of anilines is 1. The topological polar surface area (TPSA) is 6.48 Å². The van der Waals surface area contributed by atoms with Gasteiger partial charge in [0.1, 0.15) is 17.3 Å². The van der Waals surface area contributed by atoms with Crippen LogP contribution in [0.4, 0.5) is 14.5 Å². The van der Waals surface area contributed by atoms with Gasteiger partial charge in [-0.2, -0.15) is 0 Å². The molecule has 2 nitrogen and oxygen atoms in total. The molecule has 0 N–H and O–H groups in total. The zero-order valence-corrected chi connectivity index (χ0v) is 11.3. The fourth-order valence-corrected chi connectivity index (χ4v) is 3.47. The molecule has 104 valence electrons. The summed E-state index contributed by atoms with van der Waals surface area (Å²) in [6.45, 7) is 4.90. The van der Waals surface area contributed by atoms with Crippen molar-refractivity contribution in [2.45, 2.75) is 38.3 Å². The molecule has 3 rings (SSSR count). The minimum Gasteiger partial charge on any atom is -0.361 e. The van der Waals surface area contributed by atoms with Crippen LogP contribution in [-0.2, 0) is 0 Å². The second-order valence-electron chi connectivity index (χ2n) is 5.58. The lowest BCUT2D eigenvalue weighted by molar-refractivity contribution is 0.193. The zero-order chi connectivity index (χ0) is 13.4. The SMILES string of the molecule is CCC1CN2CCCC2CN1c1c(F)cccc1F. The van der Waals surface area contributed by atoms with Crippen LogP contribution in [0.3, 0.4) is 0 Å². The van der Waals surface area contributed by atoms with Crippen LogP contribution in [0, 0.1) is 11.6 Å². The largest absolute Gasteiger partial charge is 0.361 e. The summed E-state index contributed by atoms with van der Waals surface area (Å²) >= 11 is 0. The van der Waals surface area contributed by atoms with E-state index in [0.717, 1.165) is 32.5 Å². The Labute approximate surface area is 113 Å². The Kier molecular flexibility index (Phi) is 3.44. The van der Waals surface area contributed by atoms with Gasteiger partial charge < -0.3 is 4.90 Å². The lowest BCUT2D eigenvalue weighted by atomic mass is 10.0. The number of nitrogens with zero attached hydrogens (tertiary/aromatic N) is 2. The monoisotopic (exact) mass is 266 g/mol. The molecule has 2 heterocycles. The van der Waals surface area contributed by atoms with E-state index in [1.165, 1.54) is 24.6 Å². The predicted molar refractivity (Wildman–Crippen MR) is 72.4 cm³/mol. The van der Waals surface area contributed by atoms with E-state index in [9.17, 15) is 8.78 Å². The molecule has 0 amide bonds. The number of fused-ring (bicyclic) bond motifs is 1. The van der Waals surface area contributed by atoms with Gasteiger partial charge in [-0.15, -0.1) is 0 Å². The number of hydrogen-bond acceptors (Lipinski definition) is 2. The fourth-order valence-electron chi connectivity index (χ4n) is 3.47. The van der Waals surface area contributed by atoms with Crippen molar-refractivity contribution in [1.82, 2.24) is 4.90 Å². The van der Waals surface area contributed by atoms with E-state index in [4.69, 9.17) is 0 Å². The smallest absolute Gasteiger partial charge is 0.149 e. The molecule has 1 aromatic carbocycles. The minimum absolute atomic E-state index is 0.168. The number of piperazine rings is 1. The first-order valence-electron chi connectivity index (χ1n) is 7.15. The van der Waals surface area contributed by atoms with Crippen LogP contribution < -0.4 is 4.90 Å². The second-order valence-corrected chi connectivity index (χ2v) is 5.58. The minimum atomic E-state index is -0.440. The molecule has 2 aliphatic heterocycles. The average Bonchev–Trinajstić information content (AvgIpc) is 2.84. The van der Waals surface area contributed by atoms with Crippen LogP contribution in [0.1, 0.15) is 26.2 Å². The first kappa shape index (κ1) is 12.9. The molecular weight excluding hydrogens is 246 g/mol. The van der Waals surface area contributed by atoms with Crippen molar-refractivity contribution in [1.29, 1.82) is 0 Å². The van der Waals surface area contributed by atoms with Crippen LogP contribution in [0.5, 0.6) is 0 Å². The maximum Gasteiger partial charge on any atom is 0.149 e. The number of benzene rings is 1. The van der Waals surface area contributed by atoms with Crippen LogP contribution >= 0.6 is 0 Å². The van der Waals surface area contributed by atoms with E-state index in [1.54, 1.807) is 0 Å². The Morgan fingerprint density at radius 1 is 1.21 bits per heavy atom. The molecule has 4 heteroatoms. The summed E-state index contributed by atoms with van der Waals surface area (Å²) in [5.74, 6) is -0.880. The molecule has 0 aliphatic carbocycles. The Bertz CT molecular complexity index is 443. The average molecular weight is 266 g/mol. The summed E-state index contributed by atoms with van der Waals surface area (Å²) in [6.07, 6.45) is 3.26. The van der Waals surface area contributed by atoms with Gasteiger partial charge in [0.25, 0.3) is 0 Å². The predicted octanol–water partition coefficient (Wildman–Crippen LogP) is 3.03. The summed E-state index contributed by atoms with van der Waals surface area (Å²) in [7, 11) is 0. The quantitative estimate of drug-likeness (QED) is 0.812. The third-order valence-electron chi connectivity index (χ3n) is 4.49. The highest BCUT2D eigenvalue weighted by Gasteiger charge is 2.37. The van der Waals surface area contributed by atoms with Gasteiger partial charge in [-0.1, -0.05) is 13.0 Å². The maximum atomic E-state index is 14.0. The Morgan fingerprint density at radius 2 is 1.95 bits per heavy atom. The third kappa shape index (κ3) is 2.22. The van der Waals surface area contributed by atoms with Crippen molar-refractivity contribution in [2.75, 3.05) is 24.5 Å². The van der Waals surface area contributed by atoms with Crippen molar-refractivity contribution in [3.05, 3.63) is 29.8 Å². The number of hydrogen-bond donors (Lipinski definition) is 0. The van der Waals surface area contributed by atoms with Gasteiger partial charge in [-0.3, -0.25) is 4.90 Å². The van der Waals surface area contributed by atoms with Gasteiger partial charge in [0.2, 0.25) is 0 Å². The van der Waals surface area contributed by atoms with Gasteiger partial charge in [0, 0.05) is 25.2 Å². The molecule has 19 heavy (non-hydrogen) atoms. The Hall–Kier alpha value is -1.16. The van der Waals surface area contributed by atoms with Crippen molar-refractivity contribution in [3.63, 3.8) is 0 Å². The summed E-state index contributed by atoms with van der Waals surface area (Å²) in [5.41, 5.74) is 0.168. The van der Waals surface area contributed by atoms with Gasteiger partial charge in [-0.05, 0) is 37.9 Å². The van der Waals surface area contributed by atoms with E-state index in [-0.39, 0.29) is 11.7 Å². The molecule has 2 fully saturated rings. The molecule has 0 bridgehead atoms. The molecule has 0 saturated carbocycles. The Morgan fingerprint density at radius 3 is 2.63 bits per heavy atom. The first-order chi connectivity index (χ1) is 9.20. The lowest BCUT2D eigenvalue weighted by Gasteiger charge is -2.44. The molecule has 0 spiro atoms. The van der Waals surface area contributed by atoms with Crippen LogP contribution in [0.2, 0.25) is 0 Å². The normalized spacial score (nSPS) is 27.6. The van der Waals surface area contributed by atoms with E-state index in [2.05, 4.69) is 11.8 Å². The summed E-state index contributed by atoms with van der Waals surface area (Å²) in [4.78, 5) is 4.43. The number of halogens is 2.